The molecule has 0 heterocycles. The summed E-state index contributed by atoms with van der Waals surface area (Å²) in [5.74, 6) is 0.165. The Morgan fingerprint density at radius 2 is 1.90 bits per heavy atom. The van der Waals surface area contributed by atoms with E-state index in [2.05, 4.69) is 41.4 Å². The van der Waals surface area contributed by atoms with Gasteiger partial charge < -0.3 is 5.32 Å². The van der Waals surface area contributed by atoms with Crippen molar-refractivity contribution in [2.45, 2.75) is 58.0 Å². The Balaban J connectivity index is 1.97. The highest BCUT2D eigenvalue weighted by atomic mass is 16.2. The van der Waals surface area contributed by atoms with Crippen LogP contribution in [0.4, 0.5) is 0 Å². The lowest BCUT2D eigenvalue weighted by atomic mass is 9.93. The zero-order valence-corrected chi connectivity index (χ0v) is 13.2. The molecular formula is C18H28N2O. The molecule has 0 spiro atoms. The normalized spacial score (nSPS) is 16.1. The van der Waals surface area contributed by atoms with Crippen LogP contribution in [0.25, 0.3) is 0 Å². The summed E-state index contributed by atoms with van der Waals surface area (Å²) in [6, 6.07) is 11.1. The van der Waals surface area contributed by atoms with Gasteiger partial charge in [0.25, 0.3) is 0 Å². The van der Waals surface area contributed by atoms with Gasteiger partial charge in [-0.1, -0.05) is 56.5 Å². The molecule has 3 nitrogen and oxygen atoms in total. The predicted molar refractivity (Wildman–Crippen MR) is 87.0 cm³/mol. The third-order valence-corrected chi connectivity index (χ3v) is 4.24. The maximum atomic E-state index is 12.1. The quantitative estimate of drug-likeness (QED) is 0.834. The first kappa shape index (κ1) is 16.0. The topological polar surface area (TPSA) is 32.3 Å². The zero-order valence-electron chi connectivity index (χ0n) is 13.2. The fourth-order valence-electron chi connectivity index (χ4n) is 3.08. The second kappa shape index (κ2) is 8.83. The molecule has 0 atom stereocenters. The summed E-state index contributed by atoms with van der Waals surface area (Å²) in [5.41, 5.74) is 1.30. The van der Waals surface area contributed by atoms with E-state index < -0.39 is 0 Å². The van der Waals surface area contributed by atoms with Crippen LogP contribution in [0.15, 0.2) is 30.3 Å². The van der Waals surface area contributed by atoms with Crippen molar-refractivity contribution < 1.29 is 4.79 Å². The first-order valence-corrected chi connectivity index (χ1v) is 8.34. The average Bonchev–Trinajstić information content (AvgIpc) is 2.54. The van der Waals surface area contributed by atoms with E-state index in [0.29, 0.717) is 12.6 Å². The van der Waals surface area contributed by atoms with E-state index in [1.165, 1.54) is 37.7 Å². The molecule has 1 aliphatic rings. The summed E-state index contributed by atoms with van der Waals surface area (Å²) < 4.78 is 0. The number of rotatable bonds is 7. The third-order valence-electron chi connectivity index (χ3n) is 4.24. The number of carbonyl (C=O) groups excluding carboxylic acids is 1. The van der Waals surface area contributed by atoms with Gasteiger partial charge in [-0.2, -0.15) is 0 Å². The molecule has 1 N–H and O–H groups in total. The van der Waals surface area contributed by atoms with Gasteiger partial charge >= 0.3 is 0 Å². The molecule has 116 valence electrons. The van der Waals surface area contributed by atoms with E-state index in [4.69, 9.17) is 0 Å². The van der Waals surface area contributed by atoms with Crippen molar-refractivity contribution in [2.24, 2.45) is 0 Å². The second-order valence-electron chi connectivity index (χ2n) is 6.03. The van der Waals surface area contributed by atoms with Crippen molar-refractivity contribution in [1.29, 1.82) is 0 Å². The lowest BCUT2D eigenvalue weighted by Crippen LogP contribution is -2.43. The molecule has 2 rings (SSSR count). The Bertz CT molecular complexity index is 412. The highest BCUT2D eigenvalue weighted by Crippen LogP contribution is 2.23. The van der Waals surface area contributed by atoms with Crippen LogP contribution in [0.2, 0.25) is 0 Å². The maximum absolute atomic E-state index is 12.1. The number of hydrogen-bond donors (Lipinski definition) is 1. The van der Waals surface area contributed by atoms with Crippen molar-refractivity contribution in [3.8, 4) is 0 Å². The first-order valence-electron chi connectivity index (χ1n) is 8.34. The van der Waals surface area contributed by atoms with Gasteiger partial charge in [0.2, 0.25) is 5.91 Å². The summed E-state index contributed by atoms with van der Waals surface area (Å²) in [5, 5.41) is 3.01. The van der Waals surface area contributed by atoms with Crippen LogP contribution in [0.1, 0.15) is 51.0 Å². The van der Waals surface area contributed by atoms with Gasteiger partial charge in [0.05, 0.1) is 6.54 Å². The molecule has 3 heteroatoms. The maximum Gasteiger partial charge on any atom is 0.234 e. The van der Waals surface area contributed by atoms with Crippen molar-refractivity contribution in [3.63, 3.8) is 0 Å². The molecule has 1 amide bonds. The summed E-state index contributed by atoms with van der Waals surface area (Å²) in [6.07, 6.45) is 7.40. The predicted octanol–water partition coefficient (Wildman–Crippen LogP) is 3.35. The first-order chi connectivity index (χ1) is 10.3. The van der Waals surface area contributed by atoms with Crippen LogP contribution < -0.4 is 5.32 Å². The van der Waals surface area contributed by atoms with Crippen molar-refractivity contribution in [1.82, 2.24) is 10.2 Å². The smallest absolute Gasteiger partial charge is 0.234 e. The average molecular weight is 288 g/mol. The lowest BCUT2D eigenvalue weighted by Gasteiger charge is -2.34. The summed E-state index contributed by atoms with van der Waals surface area (Å²) >= 11 is 0. The monoisotopic (exact) mass is 288 g/mol. The Morgan fingerprint density at radius 3 is 2.57 bits per heavy atom. The Hall–Kier alpha value is -1.35. The molecule has 0 aliphatic heterocycles. The molecule has 1 aromatic carbocycles. The standard InChI is InChI=1S/C18H28N2O/c1-2-13-19-18(21)15-20(17-11-7-4-8-12-17)14-16-9-5-3-6-10-16/h3,5-6,9-10,17H,2,4,7-8,11-15H2,1H3,(H,19,21). The molecule has 1 aliphatic carbocycles. The molecule has 21 heavy (non-hydrogen) atoms. The van der Waals surface area contributed by atoms with Gasteiger partial charge in [-0.3, -0.25) is 9.69 Å². The highest BCUT2D eigenvalue weighted by molar-refractivity contribution is 5.78. The van der Waals surface area contributed by atoms with Crippen molar-refractivity contribution in [3.05, 3.63) is 35.9 Å². The summed E-state index contributed by atoms with van der Waals surface area (Å²) in [6.45, 7) is 4.27. The fraction of sp³-hybridized carbons (Fsp3) is 0.611. The van der Waals surface area contributed by atoms with E-state index in [0.717, 1.165) is 19.5 Å². The van der Waals surface area contributed by atoms with Gasteiger partial charge in [-0.05, 0) is 24.8 Å². The number of nitrogens with one attached hydrogen (secondary N) is 1. The Kier molecular flexibility index (Phi) is 6.74. The third kappa shape index (κ3) is 5.50. The molecule has 1 saturated carbocycles. The van der Waals surface area contributed by atoms with Crippen molar-refractivity contribution >= 4 is 5.91 Å². The van der Waals surface area contributed by atoms with Crippen LogP contribution in [0.3, 0.4) is 0 Å². The number of hydrogen-bond acceptors (Lipinski definition) is 2. The largest absolute Gasteiger partial charge is 0.355 e. The van der Waals surface area contributed by atoms with E-state index in [1.807, 2.05) is 6.07 Å². The minimum Gasteiger partial charge on any atom is -0.355 e. The van der Waals surface area contributed by atoms with Gasteiger partial charge in [-0.15, -0.1) is 0 Å². The molecule has 1 fully saturated rings. The minimum absolute atomic E-state index is 0.165. The summed E-state index contributed by atoms with van der Waals surface area (Å²) in [4.78, 5) is 14.5. The SMILES string of the molecule is CCCNC(=O)CN(Cc1ccccc1)C1CCCCC1. The van der Waals surface area contributed by atoms with Crippen molar-refractivity contribution in [2.75, 3.05) is 13.1 Å². The van der Waals surface area contributed by atoms with Gasteiger partial charge in [0.15, 0.2) is 0 Å². The van der Waals surface area contributed by atoms with E-state index in [-0.39, 0.29) is 5.91 Å². The summed E-state index contributed by atoms with van der Waals surface area (Å²) in [7, 11) is 0. The molecular weight excluding hydrogens is 260 g/mol. The Morgan fingerprint density at radius 1 is 1.19 bits per heavy atom. The molecule has 1 aromatic rings. The van der Waals surface area contributed by atoms with Crippen LogP contribution in [-0.4, -0.2) is 29.9 Å². The van der Waals surface area contributed by atoms with Crippen LogP contribution in [0, 0.1) is 0 Å². The number of nitrogens with zero attached hydrogens (tertiary/aromatic N) is 1. The van der Waals surface area contributed by atoms with Gasteiger partial charge in [0, 0.05) is 19.1 Å². The van der Waals surface area contributed by atoms with Crippen LogP contribution in [-0.2, 0) is 11.3 Å². The fourth-order valence-corrected chi connectivity index (χ4v) is 3.08. The molecule has 0 bridgehead atoms. The second-order valence-corrected chi connectivity index (χ2v) is 6.03. The molecule has 0 radical (unpaired) electrons. The van der Waals surface area contributed by atoms with Crippen LogP contribution in [0.5, 0.6) is 0 Å². The number of amides is 1. The van der Waals surface area contributed by atoms with Gasteiger partial charge in [0.1, 0.15) is 0 Å². The van der Waals surface area contributed by atoms with E-state index >= 15 is 0 Å². The molecule has 0 saturated heterocycles. The van der Waals surface area contributed by atoms with Gasteiger partial charge in [-0.25, -0.2) is 0 Å². The number of benzene rings is 1. The molecule has 0 unspecified atom stereocenters. The lowest BCUT2D eigenvalue weighted by molar-refractivity contribution is -0.123. The van der Waals surface area contributed by atoms with Crippen LogP contribution >= 0.6 is 0 Å². The Labute approximate surface area is 128 Å². The minimum atomic E-state index is 0.165. The zero-order chi connectivity index (χ0) is 14.9. The molecule has 0 aromatic heterocycles. The van der Waals surface area contributed by atoms with E-state index in [1.54, 1.807) is 0 Å². The number of carbonyl (C=O) groups is 1. The van der Waals surface area contributed by atoms with E-state index in [9.17, 15) is 4.79 Å². The highest BCUT2D eigenvalue weighted by Gasteiger charge is 2.23.